The first-order valence-electron chi connectivity index (χ1n) is 7.82. The molecule has 1 amide bonds. The lowest BCUT2D eigenvalue weighted by Crippen LogP contribution is -2.34. The lowest BCUT2D eigenvalue weighted by Gasteiger charge is -2.14. The summed E-state index contributed by atoms with van der Waals surface area (Å²) < 4.78 is 19.2. The minimum atomic E-state index is -1.08. The molecule has 3 N–H and O–H groups in total. The Kier molecular flexibility index (Phi) is 4.94. The van der Waals surface area contributed by atoms with Crippen LogP contribution < -0.4 is 16.0 Å². The van der Waals surface area contributed by atoms with Gasteiger partial charge in [0.2, 0.25) is 0 Å². The number of ether oxygens (including phenoxy) is 1. The van der Waals surface area contributed by atoms with Crippen molar-refractivity contribution in [3.63, 3.8) is 0 Å². The number of aromatic nitrogens is 2. The summed E-state index contributed by atoms with van der Waals surface area (Å²) in [5, 5.41) is 14.7. The van der Waals surface area contributed by atoms with Gasteiger partial charge in [0.05, 0.1) is 11.9 Å². The highest BCUT2D eigenvalue weighted by Gasteiger charge is 2.16. The Morgan fingerprint density at radius 2 is 1.85 bits per heavy atom. The van der Waals surface area contributed by atoms with Crippen molar-refractivity contribution in [2.45, 2.75) is 12.6 Å². The number of nitrogens with two attached hydrogens (primary N) is 1. The highest BCUT2D eigenvalue weighted by molar-refractivity contribution is 6.03. The topological polar surface area (TPSA) is 107 Å². The van der Waals surface area contributed by atoms with E-state index in [1.165, 1.54) is 24.3 Å². The van der Waals surface area contributed by atoms with Crippen LogP contribution in [0.25, 0.3) is 10.8 Å². The van der Waals surface area contributed by atoms with E-state index in [0.29, 0.717) is 11.1 Å². The lowest BCUT2D eigenvalue weighted by atomic mass is 10.1. The molecule has 1 aromatic heterocycles. The van der Waals surface area contributed by atoms with Crippen LogP contribution in [-0.2, 0) is 6.54 Å². The molecule has 0 bridgehead atoms. The molecule has 2 aromatic carbocycles. The van der Waals surface area contributed by atoms with Gasteiger partial charge in [0, 0.05) is 5.39 Å². The number of fused-ring (bicyclic) bond motifs is 1. The molecule has 26 heavy (non-hydrogen) atoms. The Balaban J connectivity index is 1.81. The fraction of sp³-hybridized carbons (Fsp3) is 0.167. The van der Waals surface area contributed by atoms with Gasteiger partial charge in [-0.1, -0.05) is 18.2 Å². The zero-order valence-corrected chi connectivity index (χ0v) is 13.6. The number of halogens is 1. The Bertz CT molecular complexity index is 1000. The summed E-state index contributed by atoms with van der Waals surface area (Å²) in [4.78, 5) is 24.1. The van der Waals surface area contributed by atoms with Crippen LogP contribution in [0.15, 0.2) is 53.3 Å². The Hall–Kier alpha value is -3.26. The first kappa shape index (κ1) is 17.6. The monoisotopic (exact) mass is 357 g/mol. The Morgan fingerprint density at radius 1 is 1.19 bits per heavy atom. The highest BCUT2D eigenvalue weighted by Crippen LogP contribution is 2.14. The van der Waals surface area contributed by atoms with E-state index in [4.69, 9.17) is 10.5 Å². The number of aliphatic hydroxyl groups is 1. The molecule has 1 unspecified atom stereocenters. The van der Waals surface area contributed by atoms with Crippen molar-refractivity contribution >= 4 is 16.7 Å². The van der Waals surface area contributed by atoms with Crippen molar-refractivity contribution in [3.8, 4) is 5.75 Å². The van der Waals surface area contributed by atoms with Crippen LogP contribution in [0, 0.1) is 5.82 Å². The maximum atomic E-state index is 12.9. The summed E-state index contributed by atoms with van der Waals surface area (Å²) >= 11 is 0. The number of hydrogen-bond donors (Lipinski definition) is 2. The fourth-order valence-corrected chi connectivity index (χ4v) is 2.52. The van der Waals surface area contributed by atoms with Crippen LogP contribution in [0.2, 0.25) is 0 Å². The van der Waals surface area contributed by atoms with Crippen molar-refractivity contribution in [1.82, 2.24) is 9.78 Å². The van der Waals surface area contributed by atoms with Crippen LogP contribution in [0.4, 0.5) is 4.39 Å². The van der Waals surface area contributed by atoms with Crippen LogP contribution in [0.3, 0.4) is 0 Å². The van der Waals surface area contributed by atoms with Crippen LogP contribution in [-0.4, -0.2) is 33.5 Å². The van der Waals surface area contributed by atoms with Crippen molar-refractivity contribution in [2.24, 2.45) is 5.73 Å². The molecule has 0 saturated carbocycles. The largest absolute Gasteiger partial charge is 0.491 e. The molecule has 1 atom stereocenters. The predicted molar refractivity (Wildman–Crippen MR) is 92.4 cm³/mol. The van der Waals surface area contributed by atoms with Gasteiger partial charge in [-0.25, -0.2) is 9.07 Å². The summed E-state index contributed by atoms with van der Waals surface area (Å²) in [5.74, 6) is -0.794. The van der Waals surface area contributed by atoms with E-state index in [-0.39, 0.29) is 24.2 Å². The van der Waals surface area contributed by atoms with Crippen molar-refractivity contribution in [3.05, 3.63) is 70.4 Å². The molecule has 7 nitrogen and oxygen atoms in total. The maximum absolute atomic E-state index is 12.9. The number of nitrogens with zero attached hydrogens (tertiary/aromatic N) is 2. The molecule has 0 saturated heterocycles. The first-order valence-corrected chi connectivity index (χ1v) is 7.82. The third-order valence-electron chi connectivity index (χ3n) is 3.74. The normalized spacial score (nSPS) is 12.1. The molecule has 1 heterocycles. The van der Waals surface area contributed by atoms with Gasteiger partial charge in [-0.15, -0.1) is 0 Å². The zero-order chi connectivity index (χ0) is 18.7. The average molecular weight is 357 g/mol. The number of benzene rings is 2. The maximum Gasteiger partial charge on any atom is 0.274 e. The number of carbonyl (C=O) groups is 1. The zero-order valence-electron chi connectivity index (χ0n) is 13.6. The van der Waals surface area contributed by atoms with Gasteiger partial charge in [0.25, 0.3) is 11.5 Å². The molecule has 0 spiro atoms. The van der Waals surface area contributed by atoms with E-state index in [0.717, 1.165) is 4.68 Å². The molecule has 3 rings (SSSR count). The summed E-state index contributed by atoms with van der Waals surface area (Å²) in [6, 6.07) is 11.8. The van der Waals surface area contributed by atoms with Crippen molar-refractivity contribution in [1.29, 1.82) is 0 Å². The average Bonchev–Trinajstić information content (AvgIpc) is 2.63. The molecular formula is C18H16FN3O4. The van der Waals surface area contributed by atoms with E-state index < -0.39 is 23.4 Å². The van der Waals surface area contributed by atoms with Gasteiger partial charge in [-0.05, 0) is 30.3 Å². The van der Waals surface area contributed by atoms with Gasteiger partial charge in [0.1, 0.15) is 24.3 Å². The Morgan fingerprint density at radius 3 is 2.50 bits per heavy atom. The van der Waals surface area contributed by atoms with Crippen molar-refractivity contribution in [2.75, 3.05) is 6.61 Å². The molecule has 0 fully saturated rings. The van der Waals surface area contributed by atoms with Gasteiger partial charge in [-0.2, -0.15) is 5.10 Å². The van der Waals surface area contributed by atoms with Gasteiger partial charge in [-0.3, -0.25) is 9.59 Å². The predicted octanol–water partition coefficient (Wildman–Crippen LogP) is 1.07. The molecule has 3 aromatic rings. The second-order valence-electron chi connectivity index (χ2n) is 5.66. The minimum Gasteiger partial charge on any atom is -0.491 e. The quantitative estimate of drug-likeness (QED) is 0.686. The van der Waals surface area contributed by atoms with Crippen LogP contribution in [0.5, 0.6) is 5.75 Å². The molecule has 8 heteroatoms. The van der Waals surface area contributed by atoms with E-state index in [1.54, 1.807) is 24.3 Å². The van der Waals surface area contributed by atoms with Crippen molar-refractivity contribution < 1.29 is 19.0 Å². The van der Waals surface area contributed by atoms with E-state index in [1.807, 2.05) is 0 Å². The minimum absolute atomic E-state index is 0.0492. The number of aliphatic hydroxyl groups excluding tert-OH is 1. The van der Waals surface area contributed by atoms with Gasteiger partial charge >= 0.3 is 0 Å². The van der Waals surface area contributed by atoms with Crippen LogP contribution >= 0.6 is 0 Å². The molecule has 0 radical (unpaired) electrons. The molecule has 0 aliphatic rings. The van der Waals surface area contributed by atoms with Gasteiger partial charge < -0.3 is 15.6 Å². The smallest absolute Gasteiger partial charge is 0.274 e. The third kappa shape index (κ3) is 3.70. The molecule has 0 aliphatic heterocycles. The number of primary amides is 1. The number of carbonyl (C=O) groups excluding carboxylic acids is 1. The van der Waals surface area contributed by atoms with Crippen LogP contribution in [0.1, 0.15) is 10.5 Å². The van der Waals surface area contributed by atoms with E-state index >= 15 is 0 Å². The summed E-state index contributed by atoms with van der Waals surface area (Å²) in [5.41, 5.74) is 4.84. The first-order chi connectivity index (χ1) is 12.5. The second-order valence-corrected chi connectivity index (χ2v) is 5.66. The SMILES string of the molecule is NC(=O)c1nn(CC(O)COc2ccc(F)cc2)c(=O)c2ccccc12. The standard InChI is InChI=1S/C18H16FN3O4/c19-11-5-7-13(8-6-11)26-10-12(23)9-22-18(25)15-4-2-1-3-14(15)16(21-22)17(20)24/h1-8,12,23H,9-10H2,(H2,20,24). The Labute approximate surface area is 147 Å². The van der Waals surface area contributed by atoms with Gasteiger partial charge in [0.15, 0.2) is 5.69 Å². The fourth-order valence-electron chi connectivity index (χ4n) is 2.52. The lowest BCUT2D eigenvalue weighted by molar-refractivity contribution is 0.0871. The highest BCUT2D eigenvalue weighted by atomic mass is 19.1. The number of hydrogen-bond acceptors (Lipinski definition) is 5. The van der Waals surface area contributed by atoms with E-state index in [2.05, 4.69) is 5.10 Å². The second kappa shape index (κ2) is 7.32. The molecule has 0 aliphatic carbocycles. The van der Waals surface area contributed by atoms with E-state index in [9.17, 15) is 19.1 Å². The molecular weight excluding hydrogens is 341 g/mol. The number of amides is 1. The number of rotatable bonds is 6. The summed E-state index contributed by atoms with van der Waals surface area (Å²) in [6.07, 6.45) is -1.08. The summed E-state index contributed by atoms with van der Waals surface area (Å²) in [7, 11) is 0. The summed E-state index contributed by atoms with van der Waals surface area (Å²) in [6.45, 7) is -0.330. The molecule has 134 valence electrons. The third-order valence-corrected chi connectivity index (χ3v) is 3.74.